The second kappa shape index (κ2) is 10.6. The van der Waals surface area contributed by atoms with Crippen LogP contribution >= 0.6 is 12.6 Å². The summed E-state index contributed by atoms with van der Waals surface area (Å²) in [7, 11) is 0. The molecule has 0 amide bonds. The Kier molecular flexibility index (Phi) is 11.7. The second-order valence-electron chi connectivity index (χ2n) is 3.07. The zero-order valence-electron chi connectivity index (χ0n) is 10.8. The summed E-state index contributed by atoms with van der Waals surface area (Å²) < 4.78 is 40.3. The van der Waals surface area contributed by atoms with Gasteiger partial charge in [-0.05, 0) is 25.5 Å². The van der Waals surface area contributed by atoms with Gasteiger partial charge >= 0.3 is 6.18 Å². The van der Waals surface area contributed by atoms with E-state index in [0.717, 1.165) is 5.57 Å². The lowest BCUT2D eigenvalue weighted by molar-refractivity contribution is -0.163. The Hall–Kier alpha value is -0.580. The molecule has 0 aliphatic heterocycles. The van der Waals surface area contributed by atoms with Crippen LogP contribution in [0.2, 0.25) is 0 Å². The molecule has 0 saturated heterocycles. The number of ether oxygens (including phenoxy) is 1. The standard InChI is InChI=1S/C10H15F3OS.C2H6/c1-3-4-9(5-8(2)6-15)14-7-10(11,12)13;1-2/h4-5,15H,3,6-7H2,1-2H3;1-2H3/b8-5+,9-4+;. The Bertz CT molecular complexity index is 245. The van der Waals surface area contributed by atoms with Gasteiger partial charge in [0.2, 0.25) is 0 Å². The first kappa shape index (κ1) is 18.8. The molecular weight excluding hydrogens is 249 g/mol. The Morgan fingerprint density at radius 2 is 1.82 bits per heavy atom. The fourth-order valence-corrected chi connectivity index (χ4v) is 0.906. The van der Waals surface area contributed by atoms with Gasteiger partial charge in [-0.15, -0.1) is 0 Å². The van der Waals surface area contributed by atoms with Crippen molar-refractivity contribution in [1.82, 2.24) is 0 Å². The lowest BCUT2D eigenvalue weighted by Gasteiger charge is -2.10. The van der Waals surface area contributed by atoms with Gasteiger partial charge in [-0.2, -0.15) is 25.8 Å². The lowest BCUT2D eigenvalue weighted by Crippen LogP contribution is -2.16. The highest BCUT2D eigenvalue weighted by molar-refractivity contribution is 7.80. The zero-order valence-corrected chi connectivity index (χ0v) is 11.7. The fraction of sp³-hybridized carbons (Fsp3) is 0.667. The molecule has 0 atom stereocenters. The van der Waals surface area contributed by atoms with Crippen molar-refractivity contribution in [3.05, 3.63) is 23.5 Å². The van der Waals surface area contributed by atoms with Crippen molar-refractivity contribution in [3.8, 4) is 0 Å². The van der Waals surface area contributed by atoms with Crippen molar-refractivity contribution in [3.63, 3.8) is 0 Å². The van der Waals surface area contributed by atoms with Crippen molar-refractivity contribution in [1.29, 1.82) is 0 Å². The number of halogens is 3. The quantitative estimate of drug-likeness (QED) is 0.430. The van der Waals surface area contributed by atoms with E-state index in [1.165, 1.54) is 0 Å². The van der Waals surface area contributed by atoms with Crippen LogP contribution < -0.4 is 0 Å². The van der Waals surface area contributed by atoms with E-state index in [0.29, 0.717) is 12.2 Å². The molecule has 0 unspecified atom stereocenters. The molecule has 0 aliphatic carbocycles. The predicted molar refractivity (Wildman–Crippen MR) is 69.3 cm³/mol. The number of hydrogen-bond acceptors (Lipinski definition) is 2. The maximum absolute atomic E-state index is 11.9. The van der Waals surface area contributed by atoms with Crippen molar-refractivity contribution < 1.29 is 17.9 Å². The molecule has 0 heterocycles. The SMILES string of the molecule is CC.CC/C=C(\C=C(/C)CS)OCC(F)(F)F. The van der Waals surface area contributed by atoms with Crippen LogP contribution in [0.5, 0.6) is 0 Å². The van der Waals surface area contributed by atoms with Crippen LogP contribution in [0.25, 0.3) is 0 Å². The summed E-state index contributed by atoms with van der Waals surface area (Å²) in [5.74, 6) is 0.748. The van der Waals surface area contributed by atoms with Crippen LogP contribution in [-0.4, -0.2) is 18.5 Å². The van der Waals surface area contributed by atoms with Gasteiger partial charge in [0.15, 0.2) is 6.61 Å². The van der Waals surface area contributed by atoms with Gasteiger partial charge < -0.3 is 4.74 Å². The first-order valence-corrected chi connectivity index (χ1v) is 6.20. The minimum atomic E-state index is -4.30. The van der Waals surface area contributed by atoms with Crippen LogP contribution in [0.1, 0.15) is 34.1 Å². The van der Waals surface area contributed by atoms with Gasteiger partial charge in [-0.25, -0.2) is 0 Å². The molecule has 17 heavy (non-hydrogen) atoms. The van der Waals surface area contributed by atoms with Crippen molar-refractivity contribution in [2.75, 3.05) is 12.4 Å². The minimum absolute atomic E-state index is 0.251. The first-order chi connectivity index (χ1) is 7.89. The third-order valence-corrected chi connectivity index (χ3v) is 1.94. The summed E-state index contributed by atoms with van der Waals surface area (Å²) in [6, 6.07) is 0. The van der Waals surface area contributed by atoms with E-state index in [9.17, 15) is 13.2 Å². The molecule has 0 spiro atoms. The molecule has 5 heteroatoms. The molecular formula is C12H21F3OS. The fourth-order valence-electron chi connectivity index (χ4n) is 0.814. The maximum atomic E-state index is 11.9. The molecule has 1 nitrogen and oxygen atoms in total. The summed E-state index contributed by atoms with van der Waals surface area (Å²) in [5, 5.41) is 0. The summed E-state index contributed by atoms with van der Waals surface area (Å²) in [6.07, 6.45) is -0.486. The summed E-state index contributed by atoms with van der Waals surface area (Å²) in [5.41, 5.74) is 0.861. The molecule has 0 bridgehead atoms. The minimum Gasteiger partial charge on any atom is -0.484 e. The highest BCUT2D eigenvalue weighted by Gasteiger charge is 2.28. The van der Waals surface area contributed by atoms with Crippen LogP contribution in [0.15, 0.2) is 23.5 Å². The van der Waals surface area contributed by atoms with Gasteiger partial charge in [0.05, 0.1) is 0 Å². The van der Waals surface area contributed by atoms with E-state index in [1.54, 1.807) is 19.1 Å². The first-order valence-electron chi connectivity index (χ1n) is 5.56. The molecule has 0 saturated carbocycles. The highest BCUT2D eigenvalue weighted by atomic mass is 32.1. The van der Waals surface area contributed by atoms with Gasteiger partial charge in [0.25, 0.3) is 0 Å². The maximum Gasteiger partial charge on any atom is 0.422 e. The van der Waals surface area contributed by atoms with Gasteiger partial charge in [-0.3, -0.25) is 0 Å². The van der Waals surface area contributed by atoms with Gasteiger partial charge in [-0.1, -0.05) is 26.3 Å². The summed E-state index contributed by atoms with van der Waals surface area (Å²) >= 11 is 4.01. The molecule has 0 fully saturated rings. The second-order valence-corrected chi connectivity index (χ2v) is 3.38. The normalized spacial score (nSPS) is 12.9. The van der Waals surface area contributed by atoms with Gasteiger partial charge in [0, 0.05) is 5.75 Å². The average molecular weight is 270 g/mol. The number of alkyl halides is 3. The van der Waals surface area contributed by atoms with Crippen LogP contribution in [0, 0.1) is 0 Å². The Balaban J connectivity index is 0. The molecule has 0 N–H and O–H groups in total. The number of allylic oxidation sites excluding steroid dienone is 2. The molecule has 102 valence electrons. The number of hydrogen-bond donors (Lipinski definition) is 1. The smallest absolute Gasteiger partial charge is 0.422 e. The van der Waals surface area contributed by atoms with Crippen LogP contribution in [-0.2, 0) is 4.74 Å². The zero-order chi connectivity index (χ0) is 13.9. The largest absolute Gasteiger partial charge is 0.484 e. The summed E-state index contributed by atoms with van der Waals surface area (Å²) in [6.45, 7) is 6.36. The molecule has 0 aliphatic rings. The topological polar surface area (TPSA) is 9.23 Å². The molecule has 0 aromatic heterocycles. The number of rotatable bonds is 5. The Morgan fingerprint density at radius 1 is 1.29 bits per heavy atom. The van der Waals surface area contributed by atoms with Crippen molar-refractivity contribution in [2.24, 2.45) is 0 Å². The molecule has 0 rings (SSSR count). The van der Waals surface area contributed by atoms with E-state index < -0.39 is 12.8 Å². The third kappa shape index (κ3) is 13.4. The van der Waals surface area contributed by atoms with E-state index in [1.807, 2.05) is 20.8 Å². The van der Waals surface area contributed by atoms with Gasteiger partial charge in [0.1, 0.15) is 5.76 Å². The summed E-state index contributed by atoms with van der Waals surface area (Å²) in [4.78, 5) is 0. The predicted octanol–water partition coefficient (Wildman–Crippen LogP) is 4.76. The monoisotopic (exact) mass is 270 g/mol. The lowest BCUT2D eigenvalue weighted by atomic mass is 10.2. The molecule has 0 radical (unpaired) electrons. The highest BCUT2D eigenvalue weighted by Crippen LogP contribution is 2.17. The van der Waals surface area contributed by atoms with Crippen LogP contribution in [0.4, 0.5) is 13.2 Å². The van der Waals surface area contributed by atoms with Crippen LogP contribution in [0.3, 0.4) is 0 Å². The Labute approximate surface area is 107 Å². The molecule has 0 aromatic rings. The Morgan fingerprint density at radius 3 is 2.18 bits per heavy atom. The number of thiol groups is 1. The van der Waals surface area contributed by atoms with Crippen molar-refractivity contribution in [2.45, 2.75) is 40.3 Å². The van der Waals surface area contributed by atoms with E-state index in [4.69, 9.17) is 0 Å². The average Bonchev–Trinajstić information content (AvgIpc) is 2.27. The van der Waals surface area contributed by atoms with E-state index in [-0.39, 0.29) is 5.76 Å². The third-order valence-electron chi connectivity index (χ3n) is 1.45. The van der Waals surface area contributed by atoms with E-state index >= 15 is 0 Å². The van der Waals surface area contributed by atoms with Crippen molar-refractivity contribution >= 4 is 12.6 Å². The molecule has 0 aromatic carbocycles. The van der Waals surface area contributed by atoms with E-state index in [2.05, 4.69) is 17.4 Å².